The molecule has 27 heteroatoms. The third kappa shape index (κ3) is 23.4. The summed E-state index contributed by atoms with van der Waals surface area (Å²) in [7, 11) is -5.95. The van der Waals surface area contributed by atoms with Gasteiger partial charge in [0.2, 0.25) is 14.7 Å². The zero-order valence-corrected chi connectivity index (χ0v) is 65.5. The molecule has 10 atom stereocenters. The lowest BCUT2D eigenvalue weighted by atomic mass is 10.0. The number of amides is 2. The van der Waals surface area contributed by atoms with Crippen LogP contribution in [-0.4, -0.2) is 120 Å². The first kappa shape index (κ1) is 82.6. The van der Waals surface area contributed by atoms with Crippen molar-refractivity contribution in [2.45, 2.75) is 159 Å². The van der Waals surface area contributed by atoms with Gasteiger partial charge in [0.25, 0.3) is 0 Å². The van der Waals surface area contributed by atoms with Gasteiger partial charge in [-0.25, -0.2) is 31.9 Å². The molecule has 4 fully saturated rings. The monoisotopic (exact) mass is 1810 g/mol. The topological polar surface area (TPSA) is 200 Å². The minimum Gasteiger partial charge on any atom is -0.467 e. The predicted octanol–water partition coefficient (Wildman–Crippen LogP) is 18.1. The summed E-state index contributed by atoms with van der Waals surface area (Å²) in [6.45, 7) is 22.8. The minimum absolute atomic E-state index is 0.0343. The van der Waals surface area contributed by atoms with E-state index in [1.54, 1.807) is 67.5 Å². The first-order valence-electron chi connectivity index (χ1n) is 29.9. The van der Waals surface area contributed by atoms with Crippen LogP contribution in [0.4, 0.5) is 27.2 Å². The molecule has 16 nitrogen and oxygen atoms in total. The fourth-order valence-electron chi connectivity index (χ4n) is 10.7. The quantitative estimate of drug-likeness (QED) is 0.0148. The van der Waals surface area contributed by atoms with E-state index < -0.39 is 102 Å². The highest BCUT2D eigenvalue weighted by Crippen LogP contribution is 2.77. The smallest absolute Gasteiger partial charge is 0.411 e. The second-order valence-corrected chi connectivity index (χ2v) is 36.1. The number of esters is 1. The van der Waals surface area contributed by atoms with E-state index in [0.29, 0.717) is 32.4 Å². The van der Waals surface area contributed by atoms with Crippen LogP contribution in [0.3, 0.4) is 0 Å². The minimum atomic E-state index is -3.84. The number of hydrogen-bond donors (Lipinski definition) is 1. The molecule has 2 saturated heterocycles. The fourth-order valence-corrected chi connectivity index (χ4v) is 17.4. The van der Waals surface area contributed by atoms with Gasteiger partial charge in [0.1, 0.15) is 45.8 Å². The van der Waals surface area contributed by atoms with E-state index in [-0.39, 0.29) is 80.2 Å². The number of methoxy groups -OCH3 is 1. The largest absolute Gasteiger partial charge is 0.467 e. The van der Waals surface area contributed by atoms with E-state index in [4.69, 9.17) is 38.5 Å². The van der Waals surface area contributed by atoms with Gasteiger partial charge in [-0.1, -0.05) is 148 Å². The number of carbonyl (C=O) groups excluding carboxylic acids is 4. The van der Waals surface area contributed by atoms with Crippen molar-refractivity contribution in [1.29, 1.82) is 0 Å². The Bertz CT molecular complexity index is 3220. The van der Waals surface area contributed by atoms with E-state index in [1.807, 2.05) is 53.5 Å². The molecule has 0 radical (unpaired) electrons. The van der Waals surface area contributed by atoms with Gasteiger partial charge in [0.05, 0.1) is 84.8 Å². The number of halogens is 9. The lowest BCUT2D eigenvalue weighted by Gasteiger charge is -2.31. The van der Waals surface area contributed by atoms with Crippen LogP contribution in [0.15, 0.2) is 119 Å². The third-order valence-corrected chi connectivity index (χ3v) is 23.1. The van der Waals surface area contributed by atoms with Gasteiger partial charge in [-0.15, -0.1) is 13.2 Å². The molecule has 2 heterocycles. The summed E-state index contributed by atoms with van der Waals surface area (Å²) in [5, 5.41) is -2.24. The van der Waals surface area contributed by atoms with E-state index in [1.165, 1.54) is 31.5 Å². The molecule has 2 amide bonds. The van der Waals surface area contributed by atoms with Gasteiger partial charge in [0, 0.05) is 45.3 Å². The van der Waals surface area contributed by atoms with Crippen LogP contribution in [0, 0.1) is 35.1 Å². The molecule has 2 aliphatic carbocycles. The number of rotatable bonds is 22. The van der Waals surface area contributed by atoms with Crippen molar-refractivity contribution in [2.24, 2.45) is 17.6 Å². The molecule has 2 unspecified atom stereocenters. The molecule has 2 aliphatic heterocycles. The van der Waals surface area contributed by atoms with Gasteiger partial charge >= 0.3 is 18.2 Å². The summed E-state index contributed by atoms with van der Waals surface area (Å²) < 4.78 is 127. The van der Waals surface area contributed by atoms with E-state index in [2.05, 4.69) is 113 Å². The number of alkyl halides is 3. The Hall–Kier alpha value is -2.83. The third-order valence-electron chi connectivity index (χ3n) is 15.4. The highest BCUT2D eigenvalue weighted by molar-refractivity contribution is 14.2. The maximum atomic E-state index is 14.7. The molecule has 2 N–H and O–H groups in total. The van der Waals surface area contributed by atoms with Crippen LogP contribution < -0.4 is 5.73 Å². The van der Waals surface area contributed by atoms with Crippen LogP contribution in [0.2, 0.25) is 0 Å². The average Bonchev–Trinajstić information content (AvgIpc) is 1.56. The number of carbonyl (C=O) groups is 4. The molecule has 93 heavy (non-hydrogen) atoms. The summed E-state index contributed by atoms with van der Waals surface area (Å²) >= 11 is 13.5. The summed E-state index contributed by atoms with van der Waals surface area (Å²) in [6.07, 6.45) is 1.72. The van der Waals surface area contributed by atoms with Crippen LogP contribution in [0.5, 0.6) is 0 Å². The van der Waals surface area contributed by atoms with Crippen LogP contribution >= 0.6 is 114 Å². The number of Topliss-reactive ketones (excluding diaryl/α,β-unsaturated/α-hetero) is 1. The van der Waals surface area contributed by atoms with Crippen molar-refractivity contribution in [1.82, 2.24) is 9.80 Å². The predicted molar refractivity (Wildman–Crippen MR) is 387 cm³/mol. The molecule has 0 aromatic heterocycles. The Balaban J connectivity index is 0.000000312. The molecule has 4 aromatic carbocycles. The lowest BCUT2D eigenvalue weighted by molar-refractivity contribution is -0.145. The maximum absolute atomic E-state index is 14.7. The molecule has 516 valence electrons. The number of benzene rings is 4. The Labute approximate surface area is 603 Å². The maximum Gasteiger partial charge on any atom is 0.411 e. The zero-order chi connectivity index (χ0) is 69.9. The molecule has 4 aliphatic rings. The Morgan fingerprint density at radius 1 is 0.645 bits per heavy atom. The van der Waals surface area contributed by atoms with Gasteiger partial charge < -0.3 is 38.5 Å². The molecular formula is C66H86Br2F4I3N3O13P2. The standard InChI is InChI=1S/C32H39BrF2NO6P.C18H24BrNO5.C14H18F2NO2P.CH2I2.CH3I/c1-6-22-16-32(22,43(39,41-7-2)20-25-26(34)9-8-10-27(25)35)17-29(37)28-15-24(18-36(28)30(38)42-31(3,4)5)40-19-21-11-13-23(33)14-12-21;1-18(2,3)25-17(22)20-10-14(9-15(20)16(21)23-4)24-11-12-5-7-13(19)8-6-12;1-3-10-8-14(10,17)20(18,19-4-2)9-11-12(15)6-5-7-13(11)16;2-1-3;1-2/h6,8-14,22,24,28H,1,7,15-20H2,2-5H3;5-8,14-15H,9-11H2,1-4H3;3,5-7,10H,1,4,8-9,17H2,2H3;1H2;1H3/t22-,24+,28+,32-,43?;14-,15-;10-,14+,20?;;/m101../s1. The van der Waals surface area contributed by atoms with E-state index >= 15 is 0 Å². The summed E-state index contributed by atoms with van der Waals surface area (Å²) in [5.41, 5.74) is 6.08. The van der Waals surface area contributed by atoms with Crippen molar-refractivity contribution < 1.29 is 78.6 Å². The molecule has 8 rings (SSSR count). The highest BCUT2D eigenvalue weighted by Gasteiger charge is 2.67. The van der Waals surface area contributed by atoms with Gasteiger partial charge in [-0.05, 0) is 139 Å². The van der Waals surface area contributed by atoms with Crippen molar-refractivity contribution in [3.8, 4) is 0 Å². The van der Waals surface area contributed by atoms with Crippen molar-refractivity contribution in [3.63, 3.8) is 0 Å². The van der Waals surface area contributed by atoms with E-state index in [9.17, 15) is 45.9 Å². The fraction of sp³-hybridized carbons (Fsp3) is 0.515. The molecule has 0 spiro atoms. The number of ketones is 1. The SMILES string of the molecule is C=C[C@@H]1C[C@]1(CC(=O)[C@@H]1C[C@H](OCc2ccc(Br)cc2)CN1C(=O)OC(C)(C)C)P(=O)(Cc1c(F)cccc1F)OCC.C=C[C@@H]1C[C@]1(N)P(=O)(Cc1c(F)cccc1F)OCC.CI.COC(=O)[C@@H]1C[C@H](OCc2ccc(Br)cc2)CN1C(=O)OC(C)(C)C.ICI. The average molecular weight is 1810 g/mol. The van der Waals surface area contributed by atoms with Crippen LogP contribution in [-0.2, 0) is 77.0 Å². The number of nitrogens with two attached hydrogens (primary N) is 1. The van der Waals surface area contributed by atoms with Gasteiger partial charge in [0.15, 0.2) is 5.78 Å². The number of nitrogens with zero attached hydrogens (tertiary/aromatic N) is 2. The molecule has 2 saturated carbocycles. The Morgan fingerprint density at radius 2 is 1.02 bits per heavy atom. The van der Waals surface area contributed by atoms with Crippen molar-refractivity contribution >= 4 is 138 Å². The number of likely N-dealkylation sites (tertiary alicyclic amines) is 2. The molecular weight excluding hydrogens is 1720 g/mol. The highest BCUT2D eigenvalue weighted by atomic mass is 127. The summed E-state index contributed by atoms with van der Waals surface area (Å²) in [4.78, 5) is 56.5. The van der Waals surface area contributed by atoms with E-state index in [0.717, 1.165) is 44.3 Å². The van der Waals surface area contributed by atoms with Crippen LogP contribution in [0.25, 0.3) is 0 Å². The van der Waals surface area contributed by atoms with Crippen LogP contribution in [0.1, 0.15) is 110 Å². The van der Waals surface area contributed by atoms with Gasteiger partial charge in [-0.2, -0.15) is 0 Å². The number of allylic oxidation sites excluding steroid dienone is 1. The molecule has 4 aromatic rings. The molecule has 0 bridgehead atoms. The first-order valence-corrected chi connectivity index (χ1v) is 40.3. The Kier molecular flexibility index (Phi) is 33.2. The lowest BCUT2D eigenvalue weighted by Crippen LogP contribution is -2.44. The normalized spacial score (nSPS) is 23.2. The summed E-state index contributed by atoms with van der Waals surface area (Å²) in [5.74, 6) is -4.41. The van der Waals surface area contributed by atoms with Crippen molar-refractivity contribution in [3.05, 3.63) is 165 Å². The number of ether oxygens (including phenoxy) is 5. The second kappa shape index (κ2) is 37.4. The summed E-state index contributed by atoms with van der Waals surface area (Å²) in [6, 6.07) is 20.9. The zero-order valence-electron chi connectivity index (χ0n) is 54.1. The Morgan fingerprint density at radius 3 is 1.38 bits per heavy atom. The number of hydrogen-bond acceptors (Lipinski definition) is 14. The first-order chi connectivity index (χ1) is 43.7. The van der Waals surface area contributed by atoms with Gasteiger partial charge in [-0.3, -0.25) is 23.7 Å². The second-order valence-electron chi connectivity index (χ2n) is 24.2. The van der Waals surface area contributed by atoms with Crippen molar-refractivity contribution in [2.75, 3.05) is 40.8 Å².